The van der Waals surface area contributed by atoms with Crippen molar-refractivity contribution >= 4 is 47.1 Å². The molecule has 4 amide bonds. The number of likely N-dealkylation sites (tertiary alicyclic amines) is 1. The molecular weight excluding hydrogens is 575 g/mol. The Kier molecular flexibility index (Phi) is 9.59. The third-order valence-electron chi connectivity index (χ3n) is 7.76. The normalized spacial score (nSPS) is 23.2. The van der Waals surface area contributed by atoms with Gasteiger partial charge in [0.2, 0.25) is 5.91 Å². The van der Waals surface area contributed by atoms with Gasteiger partial charge in [0.25, 0.3) is 11.7 Å². The smallest absolute Gasteiger partial charge is 0.451 e. The molecule has 234 valence electrons. The fraction of sp³-hybridized carbons (Fsp3) is 0.667. The molecule has 0 aliphatic carbocycles. The van der Waals surface area contributed by atoms with Gasteiger partial charge in [0.15, 0.2) is 23.0 Å². The van der Waals surface area contributed by atoms with Gasteiger partial charge in [0, 0.05) is 12.0 Å². The van der Waals surface area contributed by atoms with Crippen molar-refractivity contribution in [2.75, 3.05) is 13.1 Å². The highest BCUT2D eigenvalue weighted by Crippen LogP contribution is 2.39. The first kappa shape index (κ1) is 34.3. The number of alkyl halides is 3. The van der Waals surface area contributed by atoms with Crippen molar-refractivity contribution in [2.45, 2.75) is 70.4 Å². The minimum atomic E-state index is -5.32. The van der Waals surface area contributed by atoms with Crippen LogP contribution in [0.4, 0.5) is 18.0 Å². The third kappa shape index (κ3) is 5.85. The van der Waals surface area contributed by atoms with Crippen molar-refractivity contribution < 1.29 is 61.7 Å². The van der Waals surface area contributed by atoms with E-state index in [1.54, 1.807) is 0 Å². The van der Waals surface area contributed by atoms with Crippen molar-refractivity contribution in [3.63, 3.8) is 0 Å². The molecule has 2 rings (SSSR count). The van der Waals surface area contributed by atoms with Gasteiger partial charge >= 0.3 is 24.1 Å². The van der Waals surface area contributed by atoms with Crippen LogP contribution in [0, 0.1) is 17.3 Å². The lowest BCUT2D eigenvalue weighted by atomic mass is 9.72. The fourth-order valence-electron chi connectivity index (χ4n) is 5.25. The number of urea groups is 1. The molecule has 7 N–H and O–H groups in total. The third-order valence-corrected chi connectivity index (χ3v) is 7.76. The van der Waals surface area contributed by atoms with Crippen molar-refractivity contribution in [1.29, 1.82) is 0 Å². The van der Waals surface area contributed by atoms with Gasteiger partial charge in [-0.25, -0.2) is 4.79 Å². The molecule has 0 aromatic carbocycles. The van der Waals surface area contributed by atoms with Crippen molar-refractivity contribution in [3.8, 4) is 0 Å². The predicted octanol–water partition coefficient (Wildman–Crippen LogP) is -1.34. The quantitative estimate of drug-likeness (QED) is 0.121. The van der Waals surface area contributed by atoms with E-state index in [1.165, 1.54) is 13.8 Å². The van der Waals surface area contributed by atoms with Crippen LogP contribution >= 0.6 is 0 Å². The van der Waals surface area contributed by atoms with Gasteiger partial charge in [-0.3, -0.25) is 43.4 Å². The van der Waals surface area contributed by atoms with Crippen LogP contribution in [0.3, 0.4) is 0 Å². The number of hydrogen-bond donors (Lipinski definition) is 5. The molecule has 2 fully saturated rings. The second kappa shape index (κ2) is 11.7. The molecule has 0 saturated carbocycles. The molecule has 2 saturated heterocycles. The number of aliphatic carboxylic acids is 2. The van der Waals surface area contributed by atoms with E-state index in [2.05, 4.69) is 0 Å². The van der Waals surface area contributed by atoms with Gasteiger partial charge in [0.05, 0.1) is 18.6 Å². The Labute approximate surface area is 236 Å². The number of halogens is 3. The highest BCUT2D eigenvalue weighted by Gasteiger charge is 2.61. The number of nitrogens with zero attached hydrogens (tertiary/aromatic N) is 2. The first-order chi connectivity index (χ1) is 19.0. The number of hydrogen-bond acceptors (Lipinski definition) is 10. The maximum Gasteiger partial charge on any atom is 0.451 e. The van der Waals surface area contributed by atoms with Crippen molar-refractivity contribution in [1.82, 2.24) is 15.1 Å². The first-order valence-corrected chi connectivity index (χ1v) is 12.6. The largest absolute Gasteiger partial charge is 0.481 e. The Morgan fingerprint density at radius 2 is 1.60 bits per heavy atom. The van der Waals surface area contributed by atoms with Gasteiger partial charge in [0.1, 0.15) is 6.04 Å². The molecule has 15 nitrogen and oxygen atoms in total. The molecule has 0 spiro atoms. The summed E-state index contributed by atoms with van der Waals surface area (Å²) in [7, 11) is 0. The minimum Gasteiger partial charge on any atom is -0.481 e. The molecule has 18 heteroatoms. The number of carboxylic acids is 2. The number of amides is 4. The van der Waals surface area contributed by atoms with E-state index >= 15 is 0 Å². The summed E-state index contributed by atoms with van der Waals surface area (Å²) >= 11 is 0. The van der Waals surface area contributed by atoms with Crippen LogP contribution in [0.5, 0.6) is 0 Å². The number of primary amides is 1. The number of nitrogens with two attached hydrogens (primary N) is 2. The second-order valence-electron chi connectivity index (χ2n) is 11.1. The molecule has 0 bridgehead atoms. The first-order valence-electron chi connectivity index (χ1n) is 12.6. The number of carbonyl (C=O) groups is 8. The minimum absolute atomic E-state index is 0.0255. The molecular formula is C24H32F3N5O10. The second-order valence-corrected chi connectivity index (χ2v) is 11.1. The topological polar surface area (TPSA) is 248 Å². The Morgan fingerprint density at radius 3 is 2.02 bits per heavy atom. The van der Waals surface area contributed by atoms with E-state index in [0.29, 0.717) is 0 Å². The average molecular weight is 608 g/mol. The predicted molar refractivity (Wildman–Crippen MR) is 132 cm³/mol. The van der Waals surface area contributed by atoms with Crippen LogP contribution in [-0.2, 0) is 33.6 Å². The van der Waals surface area contributed by atoms with E-state index < -0.39 is 107 Å². The maximum absolute atomic E-state index is 13.8. The van der Waals surface area contributed by atoms with Crippen LogP contribution < -0.4 is 16.8 Å². The number of Topliss-reactive ketones (excluding diaryl/α,β-unsaturated/α-hetero) is 3. The van der Waals surface area contributed by atoms with Crippen LogP contribution in [0.2, 0.25) is 0 Å². The highest BCUT2D eigenvalue weighted by molar-refractivity contribution is 6.15. The zero-order valence-corrected chi connectivity index (χ0v) is 23.1. The standard InChI is InChI=1S/C24H32F3N5O10/c1-9(2)13(15(34)24(25,26)27)32-7-5-6-23(32,20(29)41)16(35)14(28)22(3,4)10(33)8-31-17(36)12(30-21(31)42)11(18(37)38)19(39)40/h9,11-14H,5-8,28H2,1-4H3,(H2,29,41)(H,30,42)(H,37,38)(H,39,40)/t12?,13-,14+,23+/m0/s1. The van der Waals surface area contributed by atoms with Gasteiger partial charge in [-0.2, -0.15) is 13.2 Å². The van der Waals surface area contributed by atoms with E-state index in [1.807, 2.05) is 5.32 Å². The molecule has 4 atom stereocenters. The number of imide groups is 1. The molecule has 42 heavy (non-hydrogen) atoms. The van der Waals surface area contributed by atoms with E-state index in [0.717, 1.165) is 18.7 Å². The summed E-state index contributed by atoms with van der Waals surface area (Å²) in [6.45, 7) is 3.34. The molecule has 0 radical (unpaired) electrons. The van der Waals surface area contributed by atoms with Crippen molar-refractivity contribution in [2.24, 2.45) is 28.7 Å². The monoisotopic (exact) mass is 607 g/mol. The van der Waals surface area contributed by atoms with Gasteiger partial charge in [-0.05, 0) is 18.8 Å². The van der Waals surface area contributed by atoms with Crippen LogP contribution in [-0.4, -0.2) is 110 Å². The molecule has 2 heterocycles. The molecule has 0 aromatic rings. The van der Waals surface area contributed by atoms with Gasteiger partial charge < -0.3 is 27.0 Å². The van der Waals surface area contributed by atoms with Gasteiger partial charge in [-0.15, -0.1) is 0 Å². The Morgan fingerprint density at radius 1 is 1.07 bits per heavy atom. The highest BCUT2D eigenvalue weighted by atomic mass is 19.4. The van der Waals surface area contributed by atoms with E-state index in [-0.39, 0.29) is 17.9 Å². The van der Waals surface area contributed by atoms with E-state index in [9.17, 15) is 51.5 Å². The van der Waals surface area contributed by atoms with E-state index in [4.69, 9.17) is 21.7 Å². The number of rotatable bonds is 13. The van der Waals surface area contributed by atoms with Crippen LogP contribution in [0.15, 0.2) is 0 Å². The van der Waals surface area contributed by atoms with Crippen LogP contribution in [0.25, 0.3) is 0 Å². The Bertz CT molecular complexity index is 1210. The summed E-state index contributed by atoms with van der Waals surface area (Å²) in [5.41, 5.74) is 7.15. The lowest BCUT2D eigenvalue weighted by Gasteiger charge is -2.43. The number of carbonyl (C=O) groups excluding carboxylic acids is 6. The number of ketones is 3. The molecule has 1 unspecified atom stereocenters. The fourth-order valence-corrected chi connectivity index (χ4v) is 5.25. The lowest BCUT2D eigenvalue weighted by molar-refractivity contribution is -0.181. The average Bonchev–Trinajstić information content (AvgIpc) is 3.39. The maximum atomic E-state index is 13.8. The summed E-state index contributed by atoms with van der Waals surface area (Å²) in [5, 5.41) is 20.1. The van der Waals surface area contributed by atoms with Gasteiger partial charge in [-0.1, -0.05) is 27.7 Å². The summed E-state index contributed by atoms with van der Waals surface area (Å²) in [4.78, 5) is 101. The SMILES string of the molecule is CC(C)[C@@H](C(=O)C(F)(F)F)N1CCC[C@]1(C(N)=O)C(=O)[C@@H](N)C(C)(C)C(=O)CN1C(=O)NC(C(C(=O)O)C(=O)O)C1=O. The summed E-state index contributed by atoms with van der Waals surface area (Å²) in [6.07, 6.45) is -5.75. The molecule has 0 aromatic heterocycles. The lowest BCUT2D eigenvalue weighted by Crippen LogP contribution is -2.70. The molecule has 2 aliphatic heterocycles. The number of nitrogens with one attached hydrogen (secondary N) is 1. The molecule has 2 aliphatic rings. The number of carboxylic acid groups (broad SMARTS) is 2. The summed E-state index contributed by atoms with van der Waals surface area (Å²) in [6, 6.07) is -7.31. The summed E-state index contributed by atoms with van der Waals surface area (Å²) < 4.78 is 40.4. The Balaban J connectivity index is 2.42. The summed E-state index contributed by atoms with van der Waals surface area (Å²) in [5.74, 6) is -14.6. The zero-order valence-electron chi connectivity index (χ0n) is 23.1. The van der Waals surface area contributed by atoms with Crippen molar-refractivity contribution in [3.05, 3.63) is 0 Å². The Hall–Kier alpha value is -3.93. The van der Waals surface area contributed by atoms with Crippen LogP contribution in [0.1, 0.15) is 40.5 Å². The zero-order chi connectivity index (χ0) is 32.7.